The van der Waals surface area contributed by atoms with E-state index >= 15 is 0 Å². The van der Waals surface area contributed by atoms with Crippen molar-refractivity contribution >= 4 is 23.0 Å². The summed E-state index contributed by atoms with van der Waals surface area (Å²) in [5, 5.41) is 5.51. The van der Waals surface area contributed by atoms with Crippen LogP contribution in [-0.2, 0) is 11.3 Å². The highest BCUT2D eigenvalue weighted by atomic mass is 32.1. The minimum Gasteiger partial charge on any atom is -0.497 e. The van der Waals surface area contributed by atoms with E-state index in [0.717, 1.165) is 16.4 Å². The highest BCUT2D eigenvalue weighted by Crippen LogP contribution is 2.21. The fourth-order valence-electron chi connectivity index (χ4n) is 2.42. The first-order valence-electron chi connectivity index (χ1n) is 8.45. The van der Waals surface area contributed by atoms with E-state index < -0.39 is 0 Å². The van der Waals surface area contributed by atoms with E-state index in [0.29, 0.717) is 17.9 Å². The standard InChI is InChI=1S/C20H19N3O3S/c1-26-16-7-5-14(6-8-16)18(24)9-10-19(25)22-12-15-13-27-20(23-15)17-4-2-3-11-21-17/h2-8,11,13H,9-10,12H2,1H3,(H,22,25). The fraction of sp³-hybridized carbons (Fsp3) is 0.200. The Morgan fingerprint density at radius 2 is 1.93 bits per heavy atom. The van der Waals surface area contributed by atoms with Gasteiger partial charge in [0.1, 0.15) is 10.8 Å². The molecule has 2 aromatic heterocycles. The maximum absolute atomic E-state index is 12.1. The second-order valence-electron chi connectivity index (χ2n) is 5.79. The van der Waals surface area contributed by atoms with Gasteiger partial charge < -0.3 is 10.1 Å². The Kier molecular flexibility index (Phi) is 6.27. The summed E-state index contributed by atoms with van der Waals surface area (Å²) in [5.74, 6) is 0.445. The normalized spacial score (nSPS) is 10.4. The van der Waals surface area contributed by atoms with Crippen molar-refractivity contribution in [2.75, 3.05) is 7.11 Å². The van der Waals surface area contributed by atoms with E-state index in [1.165, 1.54) is 11.3 Å². The van der Waals surface area contributed by atoms with Crippen molar-refractivity contribution in [3.8, 4) is 16.5 Å². The predicted molar refractivity (Wildman–Crippen MR) is 104 cm³/mol. The molecule has 0 fully saturated rings. The molecule has 7 heteroatoms. The molecular weight excluding hydrogens is 362 g/mol. The van der Waals surface area contributed by atoms with Crippen molar-refractivity contribution < 1.29 is 14.3 Å². The first kappa shape index (κ1) is 18.7. The number of carbonyl (C=O) groups excluding carboxylic acids is 2. The van der Waals surface area contributed by atoms with Gasteiger partial charge in [-0.15, -0.1) is 11.3 Å². The maximum atomic E-state index is 12.1. The molecule has 6 nitrogen and oxygen atoms in total. The van der Waals surface area contributed by atoms with Crippen molar-refractivity contribution in [1.82, 2.24) is 15.3 Å². The Bertz CT molecular complexity index is 908. The lowest BCUT2D eigenvalue weighted by Gasteiger charge is -2.04. The molecule has 0 spiro atoms. The number of benzene rings is 1. The van der Waals surface area contributed by atoms with Crippen LogP contribution in [0.4, 0.5) is 0 Å². The summed E-state index contributed by atoms with van der Waals surface area (Å²) in [7, 11) is 1.57. The van der Waals surface area contributed by atoms with Gasteiger partial charge in [-0.3, -0.25) is 14.6 Å². The van der Waals surface area contributed by atoms with E-state index in [1.807, 2.05) is 23.6 Å². The van der Waals surface area contributed by atoms with Crippen LogP contribution in [-0.4, -0.2) is 28.8 Å². The van der Waals surface area contributed by atoms with Gasteiger partial charge in [-0.05, 0) is 36.4 Å². The van der Waals surface area contributed by atoms with E-state index in [-0.39, 0.29) is 24.5 Å². The summed E-state index contributed by atoms with van der Waals surface area (Å²) >= 11 is 1.48. The molecule has 0 saturated carbocycles. The average molecular weight is 381 g/mol. The van der Waals surface area contributed by atoms with Gasteiger partial charge in [0.05, 0.1) is 25.0 Å². The van der Waals surface area contributed by atoms with Gasteiger partial charge in [0.2, 0.25) is 5.91 Å². The van der Waals surface area contributed by atoms with Crippen LogP contribution in [0.1, 0.15) is 28.9 Å². The molecule has 0 aliphatic carbocycles. The summed E-state index contributed by atoms with van der Waals surface area (Å²) in [4.78, 5) is 32.9. The molecule has 3 aromatic rings. The van der Waals surface area contributed by atoms with E-state index in [1.54, 1.807) is 37.6 Å². The van der Waals surface area contributed by atoms with Crippen LogP contribution >= 0.6 is 11.3 Å². The quantitative estimate of drug-likeness (QED) is 0.604. The lowest BCUT2D eigenvalue weighted by molar-refractivity contribution is -0.121. The summed E-state index contributed by atoms with van der Waals surface area (Å²) < 4.78 is 5.07. The largest absolute Gasteiger partial charge is 0.497 e. The van der Waals surface area contributed by atoms with Gasteiger partial charge in [-0.25, -0.2) is 4.98 Å². The van der Waals surface area contributed by atoms with Crippen LogP contribution in [0, 0.1) is 0 Å². The third-order valence-corrected chi connectivity index (χ3v) is 4.81. The zero-order chi connectivity index (χ0) is 19.1. The molecule has 1 aromatic carbocycles. The lowest BCUT2D eigenvalue weighted by Crippen LogP contribution is -2.23. The van der Waals surface area contributed by atoms with Crippen LogP contribution in [0.5, 0.6) is 5.75 Å². The van der Waals surface area contributed by atoms with Crippen LogP contribution < -0.4 is 10.1 Å². The Balaban J connectivity index is 1.45. The van der Waals surface area contributed by atoms with Gasteiger partial charge in [-0.2, -0.15) is 0 Å². The second kappa shape index (κ2) is 9.05. The minimum atomic E-state index is -0.177. The van der Waals surface area contributed by atoms with Crippen LogP contribution in [0.3, 0.4) is 0 Å². The number of amides is 1. The molecule has 3 rings (SSSR count). The molecular formula is C20H19N3O3S. The number of ether oxygens (including phenoxy) is 1. The molecule has 0 aliphatic rings. The van der Waals surface area contributed by atoms with E-state index in [2.05, 4.69) is 15.3 Å². The number of ketones is 1. The number of nitrogens with zero attached hydrogens (tertiary/aromatic N) is 2. The number of pyridine rings is 1. The second-order valence-corrected chi connectivity index (χ2v) is 6.65. The topological polar surface area (TPSA) is 81.2 Å². The van der Waals surface area contributed by atoms with Crippen LogP contribution in [0.2, 0.25) is 0 Å². The minimum absolute atomic E-state index is 0.0705. The highest BCUT2D eigenvalue weighted by Gasteiger charge is 2.11. The first-order chi connectivity index (χ1) is 13.2. The number of hydrogen-bond acceptors (Lipinski definition) is 6. The molecule has 0 atom stereocenters. The molecule has 27 heavy (non-hydrogen) atoms. The van der Waals surface area contributed by atoms with Crippen molar-refractivity contribution in [2.24, 2.45) is 0 Å². The van der Waals surface area contributed by atoms with E-state index in [4.69, 9.17) is 4.74 Å². The van der Waals surface area contributed by atoms with Crippen LogP contribution in [0.25, 0.3) is 10.7 Å². The number of nitrogens with one attached hydrogen (secondary N) is 1. The monoisotopic (exact) mass is 381 g/mol. The number of thiazole rings is 1. The van der Waals surface area contributed by atoms with Gasteiger partial charge in [-0.1, -0.05) is 6.07 Å². The summed E-state index contributed by atoms with van der Waals surface area (Å²) in [6, 6.07) is 12.5. The average Bonchev–Trinajstić information content (AvgIpc) is 3.20. The number of aromatic nitrogens is 2. The molecule has 0 radical (unpaired) electrons. The van der Waals surface area contributed by atoms with Crippen LogP contribution in [0.15, 0.2) is 54.0 Å². The summed E-state index contributed by atoms with van der Waals surface area (Å²) in [5.41, 5.74) is 2.16. The van der Waals surface area contributed by atoms with Gasteiger partial charge in [0.25, 0.3) is 0 Å². The molecule has 0 aliphatic heterocycles. The highest BCUT2D eigenvalue weighted by molar-refractivity contribution is 7.13. The molecule has 1 amide bonds. The zero-order valence-electron chi connectivity index (χ0n) is 14.8. The van der Waals surface area contributed by atoms with Crippen molar-refractivity contribution in [1.29, 1.82) is 0 Å². The van der Waals surface area contributed by atoms with Crippen molar-refractivity contribution in [3.05, 3.63) is 65.3 Å². The number of rotatable bonds is 8. The first-order valence-corrected chi connectivity index (χ1v) is 9.33. The number of methoxy groups -OCH3 is 1. The maximum Gasteiger partial charge on any atom is 0.220 e. The molecule has 138 valence electrons. The van der Waals surface area contributed by atoms with Gasteiger partial charge in [0, 0.05) is 30.0 Å². The number of carbonyl (C=O) groups is 2. The Morgan fingerprint density at radius 3 is 2.63 bits per heavy atom. The Morgan fingerprint density at radius 1 is 1.11 bits per heavy atom. The SMILES string of the molecule is COc1ccc(C(=O)CCC(=O)NCc2csc(-c3ccccn3)n2)cc1. The van der Waals surface area contributed by atoms with Crippen molar-refractivity contribution in [2.45, 2.75) is 19.4 Å². The third kappa shape index (κ3) is 5.21. The Hall–Kier alpha value is -3.06. The number of hydrogen-bond donors (Lipinski definition) is 1. The van der Waals surface area contributed by atoms with Crippen molar-refractivity contribution in [3.63, 3.8) is 0 Å². The van der Waals surface area contributed by atoms with E-state index in [9.17, 15) is 9.59 Å². The fourth-order valence-corrected chi connectivity index (χ4v) is 3.22. The smallest absolute Gasteiger partial charge is 0.220 e. The summed E-state index contributed by atoms with van der Waals surface area (Å²) in [6.07, 6.45) is 2.02. The molecule has 0 unspecified atom stereocenters. The number of Topliss-reactive ketones (excluding diaryl/α,β-unsaturated/α-hetero) is 1. The van der Waals surface area contributed by atoms with Gasteiger partial charge in [0.15, 0.2) is 5.78 Å². The predicted octanol–water partition coefficient (Wildman–Crippen LogP) is 3.49. The molecule has 2 heterocycles. The Labute approximate surface area is 161 Å². The third-order valence-electron chi connectivity index (χ3n) is 3.89. The molecule has 0 saturated heterocycles. The van der Waals surface area contributed by atoms with Gasteiger partial charge >= 0.3 is 0 Å². The molecule has 1 N–H and O–H groups in total. The zero-order valence-corrected chi connectivity index (χ0v) is 15.7. The lowest BCUT2D eigenvalue weighted by atomic mass is 10.1. The molecule has 0 bridgehead atoms. The summed E-state index contributed by atoms with van der Waals surface area (Å²) in [6.45, 7) is 0.332.